The van der Waals surface area contributed by atoms with E-state index in [0.717, 1.165) is 0 Å². The fourth-order valence-corrected chi connectivity index (χ4v) is 2.49. The summed E-state index contributed by atoms with van der Waals surface area (Å²) in [7, 11) is 0.480. The molecule has 0 amide bonds. The van der Waals surface area contributed by atoms with Crippen LogP contribution >= 0.6 is 8.88 Å². The minimum Gasteiger partial charge on any atom is -0.350 e. The van der Waals surface area contributed by atoms with Crippen molar-refractivity contribution < 1.29 is 0 Å². The predicted octanol–water partition coefficient (Wildman–Crippen LogP) is 4.34. The molecular formula is C14H17N2P. The largest absolute Gasteiger partial charge is 0.350 e. The zero-order chi connectivity index (χ0) is 12.1. The SMILES string of the molecule is Cc1ccccc1NPNc1ccccc1C. The molecule has 0 bridgehead atoms. The van der Waals surface area contributed by atoms with Gasteiger partial charge < -0.3 is 10.2 Å². The zero-order valence-electron chi connectivity index (χ0n) is 10.1. The molecule has 0 saturated carbocycles. The van der Waals surface area contributed by atoms with Crippen molar-refractivity contribution in [2.24, 2.45) is 0 Å². The molecule has 0 atom stereocenters. The highest BCUT2D eigenvalue weighted by atomic mass is 31.1. The van der Waals surface area contributed by atoms with E-state index in [0.29, 0.717) is 8.88 Å². The monoisotopic (exact) mass is 244 g/mol. The lowest BCUT2D eigenvalue weighted by Gasteiger charge is -2.12. The quantitative estimate of drug-likeness (QED) is 0.782. The van der Waals surface area contributed by atoms with Crippen LogP contribution in [0.2, 0.25) is 0 Å². The maximum Gasteiger partial charge on any atom is 0.0743 e. The van der Waals surface area contributed by atoms with Crippen molar-refractivity contribution in [1.29, 1.82) is 0 Å². The Morgan fingerprint density at radius 2 is 1.12 bits per heavy atom. The van der Waals surface area contributed by atoms with Crippen LogP contribution in [0.15, 0.2) is 48.5 Å². The Balaban J connectivity index is 1.93. The number of anilines is 2. The van der Waals surface area contributed by atoms with Crippen molar-refractivity contribution >= 4 is 20.3 Å². The average Bonchev–Trinajstić information content (AvgIpc) is 2.34. The van der Waals surface area contributed by atoms with E-state index in [1.165, 1.54) is 22.5 Å². The Kier molecular flexibility index (Phi) is 4.00. The average molecular weight is 244 g/mol. The molecule has 0 aliphatic rings. The van der Waals surface area contributed by atoms with Gasteiger partial charge >= 0.3 is 0 Å². The summed E-state index contributed by atoms with van der Waals surface area (Å²) in [6, 6.07) is 16.6. The van der Waals surface area contributed by atoms with E-state index in [1.54, 1.807) is 0 Å². The Hall–Kier alpha value is -1.53. The molecule has 0 heterocycles. The van der Waals surface area contributed by atoms with Crippen molar-refractivity contribution in [1.82, 2.24) is 0 Å². The van der Waals surface area contributed by atoms with E-state index in [9.17, 15) is 0 Å². The first kappa shape index (κ1) is 11.9. The highest BCUT2D eigenvalue weighted by Gasteiger charge is 1.97. The third kappa shape index (κ3) is 3.21. The summed E-state index contributed by atoms with van der Waals surface area (Å²) in [5.74, 6) is 0. The van der Waals surface area contributed by atoms with Crippen LogP contribution in [0.5, 0.6) is 0 Å². The van der Waals surface area contributed by atoms with Gasteiger partial charge in [-0.15, -0.1) is 0 Å². The molecule has 0 radical (unpaired) electrons. The summed E-state index contributed by atoms with van der Waals surface area (Å²) in [5, 5.41) is 6.81. The Morgan fingerprint density at radius 3 is 1.53 bits per heavy atom. The van der Waals surface area contributed by atoms with Crippen LogP contribution in [0, 0.1) is 13.8 Å². The van der Waals surface area contributed by atoms with Gasteiger partial charge in [-0.2, -0.15) is 0 Å². The summed E-state index contributed by atoms with van der Waals surface area (Å²) >= 11 is 0. The number of rotatable bonds is 4. The summed E-state index contributed by atoms with van der Waals surface area (Å²) in [4.78, 5) is 0. The maximum atomic E-state index is 3.41. The molecule has 0 unspecified atom stereocenters. The molecule has 0 saturated heterocycles. The summed E-state index contributed by atoms with van der Waals surface area (Å²) < 4.78 is 0. The van der Waals surface area contributed by atoms with Crippen LogP contribution in [-0.2, 0) is 0 Å². The smallest absolute Gasteiger partial charge is 0.0743 e. The molecule has 0 aliphatic carbocycles. The van der Waals surface area contributed by atoms with Gasteiger partial charge in [0, 0.05) is 11.4 Å². The molecule has 2 aromatic carbocycles. The van der Waals surface area contributed by atoms with Crippen LogP contribution in [0.25, 0.3) is 0 Å². The van der Waals surface area contributed by atoms with Crippen LogP contribution < -0.4 is 10.2 Å². The van der Waals surface area contributed by atoms with Crippen molar-refractivity contribution in [2.45, 2.75) is 13.8 Å². The molecular weight excluding hydrogens is 227 g/mol. The first-order valence-corrected chi connectivity index (χ1v) is 6.65. The van der Waals surface area contributed by atoms with E-state index in [4.69, 9.17) is 0 Å². The Labute approximate surface area is 104 Å². The third-order valence-corrected chi connectivity index (χ3v) is 3.47. The van der Waals surface area contributed by atoms with Gasteiger partial charge in [0.05, 0.1) is 8.88 Å². The van der Waals surface area contributed by atoms with Crippen LogP contribution in [0.1, 0.15) is 11.1 Å². The molecule has 88 valence electrons. The maximum absolute atomic E-state index is 3.41. The fraction of sp³-hybridized carbons (Fsp3) is 0.143. The first-order valence-electron chi connectivity index (χ1n) is 5.65. The lowest BCUT2D eigenvalue weighted by Crippen LogP contribution is -1.94. The molecule has 2 N–H and O–H groups in total. The molecule has 0 fully saturated rings. The number of benzene rings is 2. The third-order valence-electron chi connectivity index (χ3n) is 2.68. The van der Waals surface area contributed by atoms with Gasteiger partial charge in [-0.3, -0.25) is 0 Å². The lowest BCUT2D eigenvalue weighted by molar-refractivity contribution is 1.46. The van der Waals surface area contributed by atoms with Crippen LogP contribution in [0.3, 0.4) is 0 Å². The fourth-order valence-electron chi connectivity index (χ4n) is 1.59. The Bertz CT molecular complexity index is 452. The lowest BCUT2D eigenvalue weighted by atomic mass is 10.2. The van der Waals surface area contributed by atoms with Crippen molar-refractivity contribution in [3.8, 4) is 0 Å². The summed E-state index contributed by atoms with van der Waals surface area (Å²) in [5.41, 5.74) is 4.91. The molecule has 17 heavy (non-hydrogen) atoms. The standard InChI is InChI=1S/C14H17N2P/c1-11-7-3-5-9-13(11)15-17-16-14-10-6-4-8-12(14)2/h3-10,15-17H,1-2H3. The van der Waals surface area contributed by atoms with Crippen molar-refractivity contribution in [3.05, 3.63) is 59.7 Å². The van der Waals surface area contributed by atoms with Crippen molar-refractivity contribution in [2.75, 3.05) is 10.2 Å². The minimum atomic E-state index is 0.480. The zero-order valence-corrected chi connectivity index (χ0v) is 11.1. The molecule has 3 heteroatoms. The van der Waals surface area contributed by atoms with Gasteiger partial charge in [0.15, 0.2) is 0 Å². The topological polar surface area (TPSA) is 24.1 Å². The van der Waals surface area contributed by atoms with Gasteiger partial charge in [0.1, 0.15) is 0 Å². The number of para-hydroxylation sites is 2. The number of hydrogen-bond acceptors (Lipinski definition) is 2. The van der Waals surface area contributed by atoms with Crippen LogP contribution in [-0.4, -0.2) is 0 Å². The van der Waals surface area contributed by atoms with Gasteiger partial charge in [-0.05, 0) is 37.1 Å². The molecule has 2 aromatic rings. The molecule has 0 aliphatic heterocycles. The number of nitrogens with one attached hydrogen (secondary N) is 2. The first-order chi connectivity index (χ1) is 8.27. The van der Waals surface area contributed by atoms with E-state index in [2.05, 4.69) is 60.4 Å². The van der Waals surface area contributed by atoms with Crippen molar-refractivity contribution in [3.63, 3.8) is 0 Å². The number of aryl methyl sites for hydroxylation is 2. The number of hydrogen-bond donors (Lipinski definition) is 2. The van der Waals surface area contributed by atoms with Gasteiger partial charge in [-0.1, -0.05) is 36.4 Å². The second-order valence-corrected chi connectivity index (χ2v) is 4.75. The predicted molar refractivity (Wildman–Crippen MR) is 77.9 cm³/mol. The van der Waals surface area contributed by atoms with Crippen LogP contribution in [0.4, 0.5) is 11.4 Å². The highest BCUT2D eigenvalue weighted by molar-refractivity contribution is 7.41. The summed E-state index contributed by atoms with van der Waals surface area (Å²) in [6.07, 6.45) is 0. The van der Waals surface area contributed by atoms with Gasteiger partial charge in [0.25, 0.3) is 0 Å². The van der Waals surface area contributed by atoms with E-state index in [1.807, 2.05) is 12.1 Å². The van der Waals surface area contributed by atoms with Gasteiger partial charge in [0.2, 0.25) is 0 Å². The summed E-state index contributed by atoms with van der Waals surface area (Å²) in [6.45, 7) is 4.22. The van der Waals surface area contributed by atoms with E-state index in [-0.39, 0.29) is 0 Å². The van der Waals surface area contributed by atoms with E-state index >= 15 is 0 Å². The molecule has 0 aromatic heterocycles. The Morgan fingerprint density at radius 1 is 0.706 bits per heavy atom. The molecule has 2 rings (SSSR count). The highest BCUT2D eigenvalue weighted by Crippen LogP contribution is 2.24. The van der Waals surface area contributed by atoms with Gasteiger partial charge in [-0.25, -0.2) is 0 Å². The molecule has 0 spiro atoms. The minimum absolute atomic E-state index is 0.480. The van der Waals surface area contributed by atoms with E-state index < -0.39 is 0 Å². The second-order valence-electron chi connectivity index (χ2n) is 4.00. The molecule has 2 nitrogen and oxygen atoms in total. The normalized spacial score (nSPS) is 10.0. The second kappa shape index (κ2) is 5.70.